The molecule has 1 aliphatic carbocycles. The summed E-state index contributed by atoms with van der Waals surface area (Å²) in [6.45, 7) is 0.772. The van der Waals surface area contributed by atoms with Crippen molar-refractivity contribution >= 4 is 11.9 Å². The molecule has 0 heterocycles. The van der Waals surface area contributed by atoms with Crippen LogP contribution in [0.2, 0.25) is 0 Å². The highest BCUT2D eigenvalue weighted by molar-refractivity contribution is 5.79. The number of carboxylic acid groups (broad SMARTS) is 1. The lowest BCUT2D eigenvalue weighted by atomic mass is 9.85. The van der Waals surface area contributed by atoms with Gasteiger partial charge in [0.25, 0.3) is 0 Å². The summed E-state index contributed by atoms with van der Waals surface area (Å²) in [4.78, 5) is 21.7. The van der Waals surface area contributed by atoms with Crippen molar-refractivity contribution in [1.29, 1.82) is 0 Å². The van der Waals surface area contributed by atoms with Crippen LogP contribution in [0.3, 0.4) is 0 Å². The molecule has 0 atom stereocenters. The van der Waals surface area contributed by atoms with Crippen molar-refractivity contribution in [3.63, 3.8) is 0 Å². The highest BCUT2D eigenvalue weighted by atomic mass is 16.4. The van der Waals surface area contributed by atoms with Gasteiger partial charge in [0, 0.05) is 18.9 Å². The van der Waals surface area contributed by atoms with Crippen LogP contribution >= 0.6 is 0 Å². The predicted molar refractivity (Wildman–Crippen MR) is 65.7 cm³/mol. The maximum absolute atomic E-state index is 11.5. The smallest absolute Gasteiger partial charge is 0.303 e. The van der Waals surface area contributed by atoms with Crippen molar-refractivity contribution in [2.45, 2.75) is 57.8 Å². The number of unbranched alkanes of at least 4 members (excludes halogenated alkanes) is 4. The van der Waals surface area contributed by atoms with Gasteiger partial charge in [0.05, 0.1) is 0 Å². The van der Waals surface area contributed by atoms with Crippen LogP contribution in [-0.4, -0.2) is 23.5 Å². The third-order valence-electron chi connectivity index (χ3n) is 3.34. The van der Waals surface area contributed by atoms with E-state index in [1.165, 1.54) is 6.42 Å². The first kappa shape index (κ1) is 14.0. The summed E-state index contributed by atoms with van der Waals surface area (Å²) in [6.07, 6.45) is 8.47. The van der Waals surface area contributed by atoms with Crippen molar-refractivity contribution in [3.05, 3.63) is 0 Å². The molecule has 1 fully saturated rings. The minimum Gasteiger partial charge on any atom is -0.481 e. The number of carbonyl (C=O) groups is 2. The molecule has 0 spiro atoms. The zero-order chi connectivity index (χ0) is 12.5. The van der Waals surface area contributed by atoms with E-state index >= 15 is 0 Å². The van der Waals surface area contributed by atoms with E-state index in [-0.39, 0.29) is 18.2 Å². The second-order valence-electron chi connectivity index (χ2n) is 4.83. The Hall–Kier alpha value is -1.06. The molecule has 0 radical (unpaired) electrons. The largest absolute Gasteiger partial charge is 0.481 e. The van der Waals surface area contributed by atoms with Crippen molar-refractivity contribution in [3.8, 4) is 0 Å². The van der Waals surface area contributed by atoms with E-state index in [0.29, 0.717) is 0 Å². The number of rotatable bonds is 9. The fourth-order valence-electron chi connectivity index (χ4n) is 1.96. The molecule has 1 rings (SSSR count). The number of carbonyl (C=O) groups excluding carboxylic acids is 1. The zero-order valence-corrected chi connectivity index (χ0v) is 10.4. The first-order chi connectivity index (χ1) is 8.20. The summed E-state index contributed by atoms with van der Waals surface area (Å²) in [5.74, 6) is -0.203. The van der Waals surface area contributed by atoms with Gasteiger partial charge in [0.15, 0.2) is 0 Å². The van der Waals surface area contributed by atoms with Gasteiger partial charge in [-0.3, -0.25) is 9.59 Å². The van der Waals surface area contributed by atoms with Gasteiger partial charge >= 0.3 is 5.97 Å². The monoisotopic (exact) mass is 241 g/mol. The number of hydrogen-bond acceptors (Lipinski definition) is 2. The molecule has 0 saturated heterocycles. The third kappa shape index (κ3) is 6.29. The molecule has 0 aliphatic heterocycles. The summed E-state index contributed by atoms with van der Waals surface area (Å²) in [7, 11) is 0. The maximum atomic E-state index is 11.5. The maximum Gasteiger partial charge on any atom is 0.303 e. The molecular formula is C13H23NO3. The van der Waals surface area contributed by atoms with E-state index in [0.717, 1.165) is 51.5 Å². The lowest BCUT2D eigenvalue weighted by Gasteiger charge is -2.23. The van der Waals surface area contributed by atoms with Crippen LogP contribution in [0.5, 0.6) is 0 Å². The quantitative estimate of drug-likeness (QED) is 0.609. The van der Waals surface area contributed by atoms with Crippen LogP contribution in [-0.2, 0) is 9.59 Å². The Balaban J connectivity index is 1.81. The third-order valence-corrected chi connectivity index (χ3v) is 3.34. The van der Waals surface area contributed by atoms with Gasteiger partial charge in [-0.2, -0.15) is 0 Å². The highest BCUT2D eigenvalue weighted by Crippen LogP contribution is 2.26. The topological polar surface area (TPSA) is 66.4 Å². The minimum absolute atomic E-state index is 0.224. The lowest BCUT2D eigenvalue weighted by molar-refractivity contribution is -0.137. The molecule has 2 N–H and O–H groups in total. The molecule has 0 aromatic carbocycles. The Morgan fingerprint density at radius 3 is 2.29 bits per heavy atom. The van der Waals surface area contributed by atoms with Gasteiger partial charge in [-0.25, -0.2) is 0 Å². The van der Waals surface area contributed by atoms with Crippen molar-refractivity contribution in [2.75, 3.05) is 6.54 Å². The number of nitrogens with one attached hydrogen (secondary N) is 1. The summed E-state index contributed by atoms with van der Waals surface area (Å²) in [6, 6.07) is 0. The molecule has 1 aliphatic rings. The fraction of sp³-hybridized carbons (Fsp3) is 0.846. The van der Waals surface area contributed by atoms with Gasteiger partial charge in [0.2, 0.25) is 5.91 Å². The first-order valence-corrected chi connectivity index (χ1v) is 6.69. The molecule has 98 valence electrons. The first-order valence-electron chi connectivity index (χ1n) is 6.69. The Morgan fingerprint density at radius 2 is 1.71 bits per heavy atom. The molecule has 4 heteroatoms. The predicted octanol–water partition coefficient (Wildman–Crippen LogP) is 2.33. The number of carboxylic acids is 1. The fourth-order valence-corrected chi connectivity index (χ4v) is 1.96. The molecule has 0 aromatic rings. The molecule has 17 heavy (non-hydrogen) atoms. The Kier molecular flexibility index (Phi) is 6.67. The van der Waals surface area contributed by atoms with Crippen LogP contribution in [0, 0.1) is 5.92 Å². The van der Waals surface area contributed by atoms with Crippen molar-refractivity contribution < 1.29 is 14.7 Å². The van der Waals surface area contributed by atoms with E-state index in [1.807, 2.05) is 0 Å². The second-order valence-corrected chi connectivity index (χ2v) is 4.83. The Labute approximate surface area is 103 Å². The standard InChI is InChI=1S/C13H23NO3/c15-12(16)9-4-2-1-3-5-10-14-13(17)11-7-6-8-11/h11H,1-10H2,(H,14,17)(H,15,16). The SMILES string of the molecule is O=C(O)CCCCCCCNC(=O)C1CCC1. The van der Waals surface area contributed by atoms with Gasteiger partial charge in [0.1, 0.15) is 0 Å². The summed E-state index contributed by atoms with van der Waals surface area (Å²) >= 11 is 0. The molecule has 1 saturated carbocycles. The summed E-state index contributed by atoms with van der Waals surface area (Å²) in [5.41, 5.74) is 0. The molecule has 0 aromatic heterocycles. The van der Waals surface area contributed by atoms with Crippen molar-refractivity contribution in [1.82, 2.24) is 5.32 Å². The van der Waals surface area contributed by atoms with Crippen LogP contribution < -0.4 is 5.32 Å². The van der Waals surface area contributed by atoms with Crippen molar-refractivity contribution in [2.24, 2.45) is 5.92 Å². The van der Waals surface area contributed by atoms with E-state index < -0.39 is 5.97 Å². The van der Waals surface area contributed by atoms with Gasteiger partial charge < -0.3 is 10.4 Å². The van der Waals surface area contributed by atoms with E-state index in [2.05, 4.69) is 5.32 Å². The lowest BCUT2D eigenvalue weighted by Crippen LogP contribution is -2.34. The van der Waals surface area contributed by atoms with E-state index in [1.54, 1.807) is 0 Å². The Bertz CT molecular complexity index is 249. The number of hydrogen-bond donors (Lipinski definition) is 2. The highest BCUT2D eigenvalue weighted by Gasteiger charge is 2.24. The molecule has 4 nitrogen and oxygen atoms in total. The minimum atomic E-state index is -0.710. The van der Waals surface area contributed by atoms with Crippen LogP contribution in [0.4, 0.5) is 0 Å². The van der Waals surface area contributed by atoms with Crippen LogP contribution in [0.15, 0.2) is 0 Å². The Morgan fingerprint density at radius 1 is 1.06 bits per heavy atom. The molecule has 1 amide bonds. The number of aliphatic carboxylic acids is 1. The van der Waals surface area contributed by atoms with Crippen LogP contribution in [0.1, 0.15) is 57.8 Å². The van der Waals surface area contributed by atoms with Gasteiger partial charge in [-0.15, -0.1) is 0 Å². The molecular weight excluding hydrogens is 218 g/mol. The summed E-state index contributed by atoms with van der Waals surface area (Å²) in [5, 5.41) is 11.4. The summed E-state index contributed by atoms with van der Waals surface area (Å²) < 4.78 is 0. The molecule has 0 bridgehead atoms. The normalized spacial score (nSPS) is 15.3. The number of amides is 1. The van der Waals surface area contributed by atoms with Gasteiger partial charge in [-0.1, -0.05) is 25.7 Å². The average Bonchev–Trinajstić information content (AvgIpc) is 2.19. The van der Waals surface area contributed by atoms with E-state index in [4.69, 9.17) is 5.11 Å². The van der Waals surface area contributed by atoms with Crippen LogP contribution in [0.25, 0.3) is 0 Å². The van der Waals surface area contributed by atoms with Gasteiger partial charge in [-0.05, 0) is 25.7 Å². The second kappa shape index (κ2) is 8.09. The zero-order valence-electron chi connectivity index (χ0n) is 10.4. The molecule has 0 unspecified atom stereocenters. The van der Waals surface area contributed by atoms with E-state index in [9.17, 15) is 9.59 Å². The average molecular weight is 241 g/mol.